The van der Waals surface area contributed by atoms with Crippen LogP contribution in [0.5, 0.6) is 0 Å². The summed E-state index contributed by atoms with van der Waals surface area (Å²) in [5.74, 6) is 0.235. The summed E-state index contributed by atoms with van der Waals surface area (Å²) < 4.78 is 0. The van der Waals surface area contributed by atoms with Gasteiger partial charge in [-0.05, 0) is 37.0 Å². The summed E-state index contributed by atoms with van der Waals surface area (Å²) >= 11 is 0. The lowest BCUT2D eigenvalue weighted by Crippen LogP contribution is -2.05. The second kappa shape index (κ2) is 4.26. The predicted octanol–water partition coefficient (Wildman–Crippen LogP) is 1.89. The number of aromatic nitrogens is 1. The van der Waals surface area contributed by atoms with Crippen LogP contribution in [-0.4, -0.2) is 10.8 Å². The van der Waals surface area contributed by atoms with E-state index in [0.29, 0.717) is 6.42 Å². The summed E-state index contributed by atoms with van der Waals surface area (Å²) in [7, 11) is 0. The van der Waals surface area contributed by atoms with Crippen LogP contribution in [0.2, 0.25) is 0 Å². The highest BCUT2D eigenvalue weighted by atomic mass is 16.1. The van der Waals surface area contributed by atoms with Crippen molar-refractivity contribution in [2.75, 3.05) is 5.73 Å². The average molecular weight is 202 g/mol. The summed E-state index contributed by atoms with van der Waals surface area (Å²) in [4.78, 5) is 15.3. The number of ketones is 1. The average Bonchev–Trinajstić information content (AvgIpc) is 2.22. The Morgan fingerprint density at radius 3 is 3.00 bits per heavy atom. The number of rotatable bonds is 2. The van der Waals surface area contributed by atoms with Crippen LogP contribution in [-0.2, 0) is 11.2 Å². The molecule has 2 rings (SSSR count). The topological polar surface area (TPSA) is 56.0 Å². The van der Waals surface area contributed by atoms with Crippen LogP contribution in [0.1, 0.15) is 24.8 Å². The lowest BCUT2D eigenvalue weighted by atomic mass is 9.93. The highest BCUT2D eigenvalue weighted by Gasteiger charge is 2.11. The Bertz CT molecular complexity index is 410. The molecule has 0 amide bonds. The monoisotopic (exact) mass is 202 g/mol. The van der Waals surface area contributed by atoms with Gasteiger partial charge < -0.3 is 5.73 Å². The molecule has 0 bridgehead atoms. The minimum atomic E-state index is 0.235. The fourth-order valence-electron chi connectivity index (χ4n) is 1.83. The van der Waals surface area contributed by atoms with E-state index in [1.54, 1.807) is 24.5 Å². The lowest BCUT2D eigenvalue weighted by Gasteiger charge is -2.12. The van der Waals surface area contributed by atoms with Gasteiger partial charge in [0, 0.05) is 24.5 Å². The third-order valence-electron chi connectivity index (χ3n) is 2.65. The molecule has 0 radical (unpaired) electrons. The van der Waals surface area contributed by atoms with Crippen LogP contribution in [0.4, 0.5) is 5.69 Å². The van der Waals surface area contributed by atoms with Gasteiger partial charge in [0.25, 0.3) is 0 Å². The van der Waals surface area contributed by atoms with E-state index in [-0.39, 0.29) is 5.78 Å². The molecule has 1 aromatic rings. The maximum Gasteiger partial charge on any atom is 0.155 e. The minimum absolute atomic E-state index is 0.235. The molecule has 3 heteroatoms. The molecule has 0 fully saturated rings. The molecule has 3 nitrogen and oxygen atoms in total. The second-order valence-electron chi connectivity index (χ2n) is 3.87. The number of hydrogen-bond donors (Lipinski definition) is 1. The van der Waals surface area contributed by atoms with E-state index in [1.807, 2.05) is 0 Å². The Morgan fingerprint density at radius 1 is 1.40 bits per heavy atom. The molecule has 2 N–H and O–H groups in total. The first-order valence-corrected chi connectivity index (χ1v) is 5.16. The predicted molar refractivity (Wildman–Crippen MR) is 59.3 cm³/mol. The van der Waals surface area contributed by atoms with Gasteiger partial charge in [-0.3, -0.25) is 9.78 Å². The number of carbonyl (C=O) groups is 1. The van der Waals surface area contributed by atoms with Gasteiger partial charge in [0.1, 0.15) is 0 Å². The first-order valence-electron chi connectivity index (χ1n) is 5.16. The number of hydrogen-bond acceptors (Lipinski definition) is 3. The molecule has 1 heterocycles. The zero-order valence-electron chi connectivity index (χ0n) is 8.57. The molecule has 0 saturated carbocycles. The zero-order valence-corrected chi connectivity index (χ0v) is 8.57. The molecule has 78 valence electrons. The molecule has 0 unspecified atom stereocenters. The quantitative estimate of drug-likeness (QED) is 0.796. The smallest absolute Gasteiger partial charge is 0.155 e. The Kier molecular flexibility index (Phi) is 2.81. The first-order chi connectivity index (χ1) is 7.25. The summed E-state index contributed by atoms with van der Waals surface area (Å²) in [6, 6.07) is 1.79. The maximum atomic E-state index is 11.2. The van der Waals surface area contributed by atoms with E-state index >= 15 is 0 Å². The number of nitrogen functional groups attached to an aromatic ring is 1. The van der Waals surface area contributed by atoms with Gasteiger partial charge in [-0.25, -0.2) is 0 Å². The highest BCUT2D eigenvalue weighted by Crippen LogP contribution is 2.21. The Hall–Kier alpha value is -1.64. The standard InChI is InChI=1S/C12H14N2O/c13-12-4-5-14-8-10(12)6-9-2-1-3-11(15)7-9/h4-5,7-8H,1-3,6H2,(H2,13,14). The SMILES string of the molecule is Nc1ccncc1CC1=CC(=O)CCC1. The van der Waals surface area contributed by atoms with Gasteiger partial charge in [-0.2, -0.15) is 0 Å². The number of carbonyl (C=O) groups excluding carboxylic acids is 1. The molecular weight excluding hydrogens is 188 g/mol. The highest BCUT2D eigenvalue weighted by molar-refractivity contribution is 5.91. The molecule has 1 aliphatic carbocycles. The molecule has 0 spiro atoms. The van der Waals surface area contributed by atoms with Crippen molar-refractivity contribution in [1.29, 1.82) is 0 Å². The van der Waals surface area contributed by atoms with E-state index in [2.05, 4.69) is 4.98 Å². The van der Waals surface area contributed by atoms with Crippen molar-refractivity contribution in [1.82, 2.24) is 4.98 Å². The van der Waals surface area contributed by atoms with Gasteiger partial charge in [-0.15, -0.1) is 0 Å². The fraction of sp³-hybridized carbons (Fsp3) is 0.333. The molecule has 0 saturated heterocycles. The number of pyridine rings is 1. The summed E-state index contributed by atoms with van der Waals surface area (Å²) in [6.45, 7) is 0. The number of nitrogens with two attached hydrogens (primary N) is 1. The third-order valence-corrected chi connectivity index (χ3v) is 2.65. The van der Waals surface area contributed by atoms with E-state index in [1.165, 1.54) is 5.57 Å². The summed E-state index contributed by atoms with van der Waals surface area (Å²) in [5, 5.41) is 0. The molecule has 1 aliphatic rings. The van der Waals surface area contributed by atoms with E-state index in [0.717, 1.165) is 30.5 Å². The summed E-state index contributed by atoms with van der Waals surface area (Å²) in [5.41, 5.74) is 8.76. The van der Waals surface area contributed by atoms with E-state index in [9.17, 15) is 4.79 Å². The third kappa shape index (κ3) is 2.43. The number of allylic oxidation sites excluding steroid dienone is 2. The fourth-order valence-corrected chi connectivity index (χ4v) is 1.83. The van der Waals surface area contributed by atoms with Crippen molar-refractivity contribution in [3.05, 3.63) is 35.7 Å². The van der Waals surface area contributed by atoms with Crippen molar-refractivity contribution in [2.24, 2.45) is 0 Å². The van der Waals surface area contributed by atoms with Crippen LogP contribution < -0.4 is 5.73 Å². The van der Waals surface area contributed by atoms with Crippen molar-refractivity contribution < 1.29 is 4.79 Å². The van der Waals surface area contributed by atoms with Crippen molar-refractivity contribution >= 4 is 11.5 Å². The van der Waals surface area contributed by atoms with E-state index in [4.69, 9.17) is 5.73 Å². The summed E-state index contributed by atoms with van der Waals surface area (Å²) in [6.07, 6.45) is 8.62. The molecule has 0 atom stereocenters. The zero-order chi connectivity index (χ0) is 10.7. The van der Waals surface area contributed by atoms with Gasteiger partial charge in [-0.1, -0.05) is 5.57 Å². The molecule has 1 aromatic heterocycles. The Labute approximate surface area is 89.0 Å². The number of anilines is 1. The molecule has 15 heavy (non-hydrogen) atoms. The first kappa shape index (κ1) is 9.90. The second-order valence-corrected chi connectivity index (χ2v) is 3.87. The minimum Gasteiger partial charge on any atom is -0.398 e. The lowest BCUT2D eigenvalue weighted by molar-refractivity contribution is -0.115. The maximum absolute atomic E-state index is 11.2. The normalized spacial score (nSPS) is 16.3. The van der Waals surface area contributed by atoms with Gasteiger partial charge in [0.2, 0.25) is 0 Å². The van der Waals surface area contributed by atoms with Crippen LogP contribution in [0.25, 0.3) is 0 Å². The van der Waals surface area contributed by atoms with Crippen LogP contribution in [0.3, 0.4) is 0 Å². The van der Waals surface area contributed by atoms with Crippen molar-refractivity contribution in [3.63, 3.8) is 0 Å². The van der Waals surface area contributed by atoms with Gasteiger partial charge >= 0.3 is 0 Å². The number of nitrogens with zero attached hydrogens (tertiary/aromatic N) is 1. The Morgan fingerprint density at radius 2 is 2.27 bits per heavy atom. The van der Waals surface area contributed by atoms with Gasteiger partial charge in [0.15, 0.2) is 5.78 Å². The molecule has 0 aromatic carbocycles. The molecule has 0 aliphatic heterocycles. The largest absolute Gasteiger partial charge is 0.398 e. The van der Waals surface area contributed by atoms with Crippen molar-refractivity contribution in [3.8, 4) is 0 Å². The van der Waals surface area contributed by atoms with Crippen LogP contribution in [0, 0.1) is 0 Å². The Balaban J connectivity index is 2.15. The van der Waals surface area contributed by atoms with Crippen LogP contribution in [0.15, 0.2) is 30.1 Å². The molecular formula is C12H14N2O. The van der Waals surface area contributed by atoms with E-state index < -0.39 is 0 Å². The van der Waals surface area contributed by atoms with Crippen LogP contribution >= 0.6 is 0 Å². The van der Waals surface area contributed by atoms with Crippen molar-refractivity contribution in [2.45, 2.75) is 25.7 Å². The van der Waals surface area contributed by atoms with Gasteiger partial charge in [0.05, 0.1) is 0 Å².